The lowest BCUT2D eigenvalue weighted by atomic mass is 10.4. The maximum absolute atomic E-state index is 11.1. The maximum atomic E-state index is 11.1. The highest BCUT2D eigenvalue weighted by atomic mass is 35.5. The Bertz CT molecular complexity index is 458. The molecule has 0 unspecified atom stereocenters. The smallest absolute Gasteiger partial charge is 0.273 e. The third-order valence-electron chi connectivity index (χ3n) is 1.44. The van der Waals surface area contributed by atoms with Gasteiger partial charge < -0.3 is 0 Å². The fraction of sp³-hybridized carbons (Fsp3) is 0.143. The first kappa shape index (κ1) is 10.1. The molecule has 0 aliphatic carbocycles. The van der Waals surface area contributed by atoms with E-state index in [2.05, 4.69) is 4.98 Å². The highest BCUT2D eigenvalue weighted by molar-refractivity contribution is 6.49. The summed E-state index contributed by atoms with van der Waals surface area (Å²) in [6.07, 6.45) is 1.32. The third kappa shape index (κ3) is 2.02. The molecule has 0 saturated carbocycles. The molecule has 1 aromatic rings. The van der Waals surface area contributed by atoms with Crippen LogP contribution in [0.3, 0.4) is 0 Å². The normalized spacial score (nSPS) is 11.8. The molecule has 1 N–H and O–H groups in total. The number of aromatic amines is 1. The molecule has 0 bridgehead atoms. The van der Waals surface area contributed by atoms with E-state index in [1.54, 1.807) is 6.92 Å². The van der Waals surface area contributed by atoms with Gasteiger partial charge in [-0.1, -0.05) is 23.2 Å². The molecule has 0 aliphatic rings. The van der Waals surface area contributed by atoms with E-state index < -0.39 is 11.2 Å². The van der Waals surface area contributed by atoms with Crippen LogP contribution in [0, 0.1) is 6.92 Å². The summed E-state index contributed by atoms with van der Waals surface area (Å²) < 4.78 is 1.05. The van der Waals surface area contributed by atoms with E-state index in [1.165, 1.54) is 6.20 Å². The first-order valence-corrected chi connectivity index (χ1v) is 4.16. The minimum atomic E-state index is -0.613. The molecule has 0 radical (unpaired) electrons. The summed E-state index contributed by atoms with van der Waals surface area (Å²) in [5.41, 5.74) is 0.384. The zero-order valence-corrected chi connectivity index (χ0v) is 8.19. The Labute approximate surface area is 83.4 Å². The molecule has 0 aromatic carbocycles. The Morgan fingerprint density at radius 3 is 2.77 bits per heavy atom. The van der Waals surface area contributed by atoms with E-state index in [1.807, 2.05) is 0 Å². The number of aryl methyl sites for hydroxylation is 1. The van der Waals surface area contributed by atoms with Gasteiger partial charge in [-0.25, -0.2) is 4.79 Å². The van der Waals surface area contributed by atoms with Crippen LogP contribution in [0.2, 0.25) is 0 Å². The minimum Gasteiger partial charge on any atom is -0.273 e. The van der Waals surface area contributed by atoms with Gasteiger partial charge in [0.2, 0.25) is 0 Å². The molecular weight excluding hydrogens is 215 g/mol. The quantitative estimate of drug-likeness (QED) is 0.771. The van der Waals surface area contributed by atoms with Crippen molar-refractivity contribution >= 4 is 28.4 Å². The zero-order valence-electron chi connectivity index (χ0n) is 6.67. The molecule has 70 valence electrons. The molecule has 0 atom stereocenters. The van der Waals surface area contributed by atoms with Crippen LogP contribution < -0.4 is 11.2 Å². The van der Waals surface area contributed by atoms with Gasteiger partial charge in [0.05, 0.1) is 0 Å². The molecule has 4 nitrogen and oxygen atoms in total. The highest BCUT2D eigenvalue weighted by Crippen LogP contribution is 2.07. The summed E-state index contributed by atoms with van der Waals surface area (Å²) in [5.74, 6) is 0. The van der Waals surface area contributed by atoms with E-state index in [-0.39, 0.29) is 5.16 Å². The number of aromatic nitrogens is 2. The summed E-state index contributed by atoms with van der Waals surface area (Å²) in [4.78, 5) is 24.1. The van der Waals surface area contributed by atoms with E-state index >= 15 is 0 Å². The van der Waals surface area contributed by atoms with E-state index in [0.717, 1.165) is 10.1 Å². The SMILES string of the molecule is Cc1cn(/C(Cl)=C\Cl)c(=O)[nH]c1=O. The maximum Gasteiger partial charge on any atom is 0.333 e. The fourth-order valence-electron chi connectivity index (χ4n) is 0.778. The summed E-state index contributed by atoms with van der Waals surface area (Å²) in [6.45, 7) is 1.56. The first-order chi connectivity index (χ1) is 6.06. The van der Waals surface area contributed by atoms with Crippen molar-refractivity contribution in [3.05, 3.63) is 38.1 Å². The number of halogens is 2. The topological polar surface area (TPSA) is 54.9 Å². The van der Waals surface area contributed by atoms with Gasteiger partial charge in [-0.2, -0.15) is 0 Å². The van der Waals surface area contributed by atoms with Crippen LogP contribution in [0.25, 0.3) is 5.16 Å². The van der Waals surface area contributed by atoms with Crippen molar-refractivity contribution < 1.29 is 0 Å². The van der Waals surface area contributed by atoms with Crippen LogP contribution in [0.1, 0.15) is 5.56 Å². The second kappa shape index (κ2) is 3.81. The first-order valence-electron chi connectivity index (χ1n) is 3.35. The Morgan fingerprint density at radius 1 is 1.62 bits per heavy atom. The van der Waals surface area contributed by atoms with Gasteiger partial charge >= 0.3 is 5.69 Å². The molecule has 0 saturated heterocycles. The predicted octanol–water partition coefficient (Wildman–Crippen LogP) is 1.08. The lowest BCUT2D eigenvalue weighted by Crippen LogP contribution is -2.29. The molecule has 1 rings (SSSR count). The monoisotopic (exact) mass is 220 g/mol. The Balaban J connectivity index is 3.50. The minimum absolute atomic E-state index is 0.0333. The number of nitrogens with one attached hydrogen (secondary N) is 1. The molecule has 13 heavy (non-hydrogen) atoms. The molecular formula is C7H6Cl2N2O2. The van der Waals surface area contributed by atoms with Crippen LogP contribution in [-0.4, -0.2) is 9.55 Å². The molecule has 6 heteroatoms. The van der Waals surface area contributed by atoms with Gasteiger partial charge in [-0.05, 0) is 6.92 Å². The lowest BCUT2D eigenvalue weighted by Gasteiger charge is -2.01. The van der Waals surface area contributed by atoms with Gasteiger partial charge in [-0.3, -0.25) is 14.3 Å². The summed E-state index contributed by atoms with van der Waals surface area (Å²) in [7, 11) is 0. The Morgan fingerprint density at radius 2 is 2.23 bits per heavy atom. The summed E-state index contributed by atoms with van der Waals surface area (Å²) in [6, 6.07) is 0. The standard InChI is InChI=1S/C7H6Cl2N2O2/c1-4-3-11(5(9)2-8)7(13)10-6(4)12/h2-3H,1H3,(H,10,12,13)/b5-2-. The van der Waals surface area contributed by atoms with Crippen molar-refractivity contribution in [3.63, 3.8) is 0 Å². The number of hydrogen-bond acceptors (Lipinski definition) is 2. The van der Waals surface area contributed by atoms with E-state index in [9.17, 15) is 9.59 Å². The largest absolute Gasteiger partial charge is 0.333 e. The Hall–Kier alpha value is -1.00. The number of nitrogens with zero attached hydrogens (tertiary/aromatic N) is 1. The second-order valence-corrected chi connectivity index (χ2v) is 2.98. The van der Waals surface area contributed by atoms with Gasteiger partial charge in [-0.15, -0.1) is 0 Å². The molecule has 1 heterocycles. The van der Waals surface area contributed by atoms with Crippen LogP contribution in [0.4, 0.5) is 0 Å². The predicted molar refractivity (Wildman–Crippen MR) is 52.0 cm³/mol. The number of hydrogen-bond donors (Lipinski definition) is 1. The zero-order chi connectivity index (χ0) is 10.0. The second-order valence-electron chi connectivity index (χ2n) is 2.37. The van der Waals surface area contributed by atoms with E-state index in [4.69, 9.17) is 23.2 Å². The highest BCUT2D eigenvalue weighted by Gasteiger charge is 2.02. The van der Waals surface area contributed by atoms with Crippen LogP contribution in [0.5, 0.6) is 0 Å². The van der Waals surface area contributed by atoms with Gasteiger partial charge in [0.25, 0.3) is 5.56 Å². The van der Waals surface area contributed by atoms with Crippen molar-refractivity contribution in [2.75, 3.05) is 0 Å². The van der Waals surface area contributed by atoms with Crippen molar-refractivity contribution in [1.29, 1.82) is 0 Å². The molecule has 1 aromatic heterocycles. The summed E-state index contributed by atoms with van der Waals surface area (Å²) >= 11 is 10.9. The van der Waals surface area contributed by atoms with Gasteiger partial charge in [0.15, 0.2) is 0 Å². The van der Waals surface area contributed by atoms with Crippen LogP contribution in [0.15, 0.2) is 21.3 Å². The molecule has 0 aliphatic heterocycles. The fourth-order valence-corrected chi connectivity index (χ4v) is 1.01. The summed E-state index contributed by atoms with van der Waals surface area (Å²) in [5, 5.41) is 0.0333. The lowest BCUT2D eigenvalue weighted by molar-refractivity contribution is 0.911. The molecule has 0 fully saturated rings. The van der Waals surface area contributed by atoms with Crippen molar-refractivity contribution in [2.45, 2.75) is 6.92 Å². The van der Waals surface area contributed by atoms with Gasteiger partial charge in [0.1, 0.15) is 5.16 Å². The molecule has 0 spiro atoms. The van der Waals surface area contributed by atoms with Crippen molar-refractivity contribution in [2.24, 2.45) is 0 Å². The average molecular weight is 221 g/mol. The van der Waals surface area contributed by atoms with Gasteiger partial charge in [0, 0.05) is 17.3 Å². The third-order valence-corrected chi connectivity index (χ3v) is 2.05. The number of H-pyrrole nitrogens is 1. The van der Waals surface area contributed by atoms with Crippen molar-refractivity contribution in [1.82, 2.24) is 9.55 Å². The van der Waals surface area contributed by atoms with Crippen LogP contribution in [-0.2, 0) is 0 Å². The van der Waals surface area contributed by atoms with Crippen LogP contribution >= 0.6 is 23.2 Å². The van der Waals surface area contributed by atoms with E-state index in [0.29, 0.717) is 5.56 Å². The Kier molecular flexibility index (Phi) is 2.95. The van der Waals surface area contributed by atoms with Crippen molar-refractivity contribution in [3.8, 4) is 0 Å². The molecule has 0 amide bonds. The average Bonchev–Trinajstić information content (AvgIpc) is 2.10. The number of rotatable bonds is 1.